The number of nitriles is 1. The molecule has 0 N–H and O–H groups in total. The van der Waals surface area contributed by atoms with Gasteiger partial charge in [0.25, 0.3) is 0 Å². The van der Waals surface area contributed by atoms with Gasteiger partial charge in [0.05, 0.1) is 6.07 Å². The first-order valence-electron chi connectivity index (χ1n) is 7.06. The van der Waals surface area contributed by atoms with Crippen LogP contribution in [0, 0.1) is 23.2 Å². The SMILES string of the molecule is C[Si-](C)(C)OC1(C#N)CC2CCCCCC2C1. The number of fused-ring (bicyclic) bond motifs is 1. The van der Waals surface area contributed by atoms with Crippen LogP contribution in [0.25, 0.3) is 0 Å². The molecular weight excluding hydrogens is 226 g/mol. The lowest BCUT2D eigenvalue weighted by Gasteiger charge is -2.40. The number of rotatable bonds is 2. The maximum Gasteiger partial charge on any atom is 0.117 e. The van der Waals surface area contributed by atoms with Gasteiger partial charge in [-0.25, -0.2) is 0 Å². The summed E-state index contributed by atoms with van der Waals surface area (Å²) in [6, 6.07) is 2.52. The van der Waals surface area contributed by atoms with Crippen LogP contribution >= 0.6 is 0 Å². The average molecular weight is 251 g/mol. The fourth-order valence-corrected chi connectivity index (χ4v) is 5.10. The summed E-state index contributed by atoms with van der Waals surface area (Å²) in [5, 5.41) is 9.54. The second-order valence-corrected chi connectivity index (χ2v) is 11.3. The summed E-state index contributed by atoms with van der Waals surface area (Å²) < 4.78 is 6.25. The van der Waals surface area contributed by atoms with Crippen molar-refractivity contribution in [1.29, 1.82) is 5.26 Å². The summed E-state index contributed by atoms with van der Waals surface area (Å²) in [7, 11) is -1.61. The molecule has 0 aliphatic heterocycles. The van der Waals surface area contributed by atoms with Crippen LogP contribution in [0.3, 0.4) is 0 Å². The van der Waals surface area contributed by atoms with E-state index >= 15 is 0 Å². The van der Waals surface area contributed by atoms with Gasteiger partial charge in [0, 0.05) is 0 Å². The third kappa shape index (κ3) is 3.11. The van der Waals surface area contributed by atoms with Gasteiger partial charge < -0.3 is 4.43 Å². The first kappa shape index (κ1) is 13.1. The monoisotopic (exact) mass is 251 g/mol. The minimum Gasteiger partial charge on any atom is -0.550 e. The van der Waals surface area contributed by atoms with E-state index in [0.29, 0.717) is 0 Å². The fourth-order valence-electron chi connectivity index (χ4n) is 3.71. The van der Waals surface area contributed by atoms with Gasteiger partial charge in [0.15, 0.2) is 0 Å². The fraction of sp³-hybridized carbons (Fsp3) is 0.929. The highest BCUT2D eigenvalue weighted by molar-refractivity contribution is 6.69. The number of nitrogens with zero attached hydrogens (tertiary/aromatic N) is 1. The van der Waals surface area contributed by atoms with Gasteiger partial charge in [-0.05, 0) is 33.0 Å². The smallest absolute Gasteiger partial charge is 0.117 e. The molecule has 2 fully saturated rings. The summed E-state index contributed by atoms with van der Waals surface area (Å²) in [6.07, 6.45) is 8.75. The Morgan fingerprint density at radius 2 is 1.59 bits per heavy atom. The van der Waals surface area contributed by atoms with Crippen molar-refractivity contribution in [1.82, 2.24) is 0 Å². The van der Waals surface area contributed by atoms with Crippen molar-refractivity contribution in [2.24, 2.45) is 11.8 Å². The third-order valence-corrected chi connectivity index (χ3v) is 5.21. The first-order chi connectivity index (χ1) is 7.94. The van der Waals surface area contributed by atoms with E-state index in [2.05, 4.69) is 25.7 Å². The predicted molar refractivity (Wildman–Crippen MR) is 72.1 cm³/mol. The molecule has 0 spiro atoms. The van der Waals surface area contributed by atoms with E-state index < -0.39 is 13.9 Å². The molecule has 2 rings (SSSR count). The normalized spacial score (nSPS) is 38.2. The molecule has 0 aromatic rings. The van der Waals surface area contributed by atoms with Crippen molar-refractivity contribution < 1.29 is 4.43 Å². The minimum atomic E-state index is -1.61. The second-order valence-electron chi connectivity index (χ2n) is 6.89. The van der Waals surface area contributed by atoms with Crippen molar-refractivity contribution in [3.05, 3.63) is 0 Å². The van der Waals surface area contributed by atoms with Gasteiger partial charge in [-0.2, -0.15) is 5.26 Å². The van der Waals surface area contributed by atoms with Crippen molar-refractivity contribution in [2.75, 3.05) is 0 Å². The molecule has 0 aromatic carbocycles. The lowest BCUT2D eigenvalue weighted by atomic mass is 9.92. The van der Waals surface area contributed by atoms with Crippen LogP contribution in [-0.2, 0) is 4.43 Å². The lowest BCUT2D eigenvalue weighted by Crippen LogP contribution is -2.40. The quantitative estimate of drug-likeness (QED) is 0.692. The molecule has 2 aliphatic carbocycles. The third-order valence-electron chi connectivity index (χ3n) is 4.21. The maximum absolute atomic E-state index is 9.54. The molecule has 17 heavy (non-hydrogen) atoms. The standard InChI is InChI=1S/C14H25NOSi/c1-17(2,3)16-14(11-15)9-12-7-5-4-6-8-13(12)10-14/h12-13H,4-10H2,1-3H3/q-1. The van der Waals surface area contributed by atoms with Crippen LogP contribution < -0.4 is 0 Å². The molecule has 0 heterocycles. The Morgan fingerprint density at radius 1 is 1.06 bits per heavy atom. The maximum atomic E-state index is 9.54. The molecule has 0 radical (unpaired) electrons. The van der Waals surface area contributed by atoms with Crippen LogP contribution in [0.4, 0.5) is 0 Å². The summed E-state index contributed by atoms with van der Waals surface area (Å²) in [5.74, 6) is 1.52. The predicted octanol–water partition coefficient (Wildman–Crippen LogP) is 4.09. The second kappa shape index (κ2) is 4.74. The minimum absolute atomic E-state index is 0.433. The van der Waals surface area contributed by atoms with E-state index in [4.69, 9.17) is 4.43 Å². The van der Waals surface area contributed by atoms with Gasteiger partial charge in [-0.3, -0.25) is 0 Å². The Hall–Kier alpha value is -0.333. The molecule has 2 saturated carbocycles. The zero-order valence-electron chi connectivity index (χ0n) is 11.5. The molecule has 2 nitrogen and oxygen atoms in total. The Balaban J connectivity index is 2.09. The summed E-state index contributed by atoms with van der Waals surface area (Å²) in [5.41, 5.74) is -0.433. The topological polar surface area (TPSA) is 33.0 Å². The molecule has 0 saturated heterocycles. The molecular formula is C14H25NOSi-. The first-order valence-corrected chi connectivity index (χ1v) is 10.5. The molecule has 0 aromatic heterocycles. The van der Waals surface area contributed by atoms with Crippen molar-refractivity contribution >= 4 is 8.32 Å². The molecule has 2 aliphatic rings. The summed E-state index contributed by atoms with van der Waals surface area (Å²) in [6.45, 7) is 6.58. The zero-order valence-corrected chi connectivity index (χ0v) is 12.5. The molecule has 0 amide bonds. The van der Waals surface area contributed by atoms with Crippen LogP contribution in [-0.4, -0.2) is 13.9 Å². The Kier molecular flexibility index (Phi) is 3.65. The van der Waals surface area contributed by atoms with E-state index in [0.717, 1.165) is 24.7 Å². The largest absolute Gasteiger partial charge is 0.550 e. The van der Waals surface area contributed by atoms with Gasteiger partial charge >= 0.3 is 0 Å². The van der Waals surface area contributed by atoms with Crippen LogP contribution in [0.1, 0.15) is 44.9 Å². The van der Waals surface area contributed by atoms with Gasteiger partial charge in [-0.15, -0.1) is 19.6 Å². The van der Waals surface area contributed by atoms with E-state index in [9.17, 15) is 5.26 Å². The van der Waals surface area contributed by atoms with Crippen molar-refractivity contribution in [2.45, 2.75) is 70.2 Å². The molecule has 97 valence electrons. The summed E-state index contributed by atoms with van der Waals surface area (Å²) in [4.78, 5) is 0. The molecule has 2 atom stereocenters. The highest BCUT2D eigenvalue weighted by Gasteiger charge is 2.45. The number of hydrogen-bond donors (Lipinski definition) is 0. The Morgan fingerprint density at radius 3 is 2.00 bits per heavy atom. The number of hydrogen-bond acceptors (Lipinski definition) is 2. The summed E-state index contributed by atoms with van der Waals surface area (Å²) >= 11 is 0. The Labute approximate surface area is 106 Å². The van der Waals surface area contributed by atoms with Gasteiger partial charge in [0.2, 0.25) is 0 Å². The van der Waals surface area contributed by atoms with E-state index in [1.165, 1.54) is 32.1 Å². The van der Waals surface area contributed by atoms with E-state index in [1.54, 1.807) is 0 Å². The van der Waals surface area contributed by atoms with Gasteiger partial charge in [-0.1, -0.05) is 32.1 Å². The van der Waals surface area contributed by atoms with Crippen molar-refractivity contribution in [3.63, 3.8) is 0 Å². The van der Waals surface area contributed by atoms with E-state index in [1.807, 2.05) is 0 Å². The van der Waals surface area contributed by atoms with Crippen LogP contribution in [0.15, 0.2) is 0 Å². The lowest BCUT2D eigenvalue weighted by molar-refractivity contribution is 0.118. The molecule has 0 bridgehead atoms. The zero-order chi connectivity index (χ0) is 12.5. The Bertz CT molecular complexity index is 301. The highest BCUT2D eigenvalue weighted by atomic mass is 28.4. The van der Waals surface area contributed by atoms with Crippen LogP contribution in [0.2, 0.25) is 19.6 Å². The highest BCUT2D eigenvalue weighted by Crippen LogP contribution is 2.48. The average Bonchev–Trinajstić information content (AvgIpc) is 2.41. The van der Waals surface area contributed by atoms with Crippen LogP contribution in [0.5, 0.6) is 0 Å². The molecule has 2 unspecified atom stereocenters. The van der Waals surface area contributed by atoms with E-state index in [-0.39, 0.29) is 0 Å². The van der Waals surface area contributed by atoms with Gasteiger partial charge in [0.1, 0.15) is 5.60 Å². The molecule has 3 heteroatoms. The van der Waals surface area contributed by atoms with Crippen molar-refractivity contribution in [3.8, 4) is 6.07 Å².